The number of sulfonamides is 1. The minimum absolute atomic E-state index is 0.0752. The lowest BCUT2D eigenvalue weighted by Crippen LogP contribution is -2.53. The highest BCUT2D eigenvalue weighted by molar-refractivity contribution is 7.94. The third-order valence-electron chi connectivity index (χ3n) is 5.56. The Morgan fingerprint density at radius 1 is 0.912 bits per heavy atom. The molecule has 0 aromatic heterocycles. The molecule has 1 heterocycles. The number of ketones is 1. The first kappa shape index (κ1) is 23.2. The van der Waals surface area contributed by atoms with E-state index in [1.54, 1.807) is 24.3 Å². The number of nitrogens with zero attached hydrogens (tertiary/aromatic N) is 2. The normalized spacial score (nSPS) is 14.5. The Kier molecular flexibility index (Phi) is 6.21. The number of para-hydroxylation sites is 2. The van der Waals surface area contributed by atoms with Gasteiger partial charge in [0.2, 0.25) is 5.91 Å². The molecule has 1 aliphatic rings. The van der Waals surface area contributed by atoms with Crippen molar-refractivity contribution < 1.29 is 22.8 Å². The van der Waals surface area contributed by atoms with Gasteiger partial charge in [-0.1, -0.05) is 37.3 Å². The lowest BCUT2D eigenvalue weighted by molar-refractivity contribution is -0.114. The van der Waals surface area contributed by atoms with E-state index in [9.17, 15) is 22.8 Å². The van der Waals surface area contributed by atoms with Gasteiger partial charge in [0, 0.05) is 11.3 Å². The second kappa shape index (κ2) is 9.11. The molecule has 0 saturated carbocycles. The van der Waals surface area contributed by atoms with Crippen molar-refractivity contribution in [1.82, 2.24) is 0 Å². The molecule has 9 heteroatoms. The number of Topliss-reactive ketones (excluding diaryl/α,β-unsaturated/α-hetero) is 1. The number of urea groups is 1. The second-order valence-electron chi connectivity index (χ2n) is 7.77. The molecule has 0 radical (unpaired) electrons. The zero-order valence-corrected chi connectivity index (χ0v) is 19.5. The van der Waals surface area contributed by atoms with Gasteiger partial charge < -0.3 is 5.32 Å². The van der Waals surface area contributed by atoms with Gasteiger partial charge in [-0.25, -0.2) is 13.2 Å². The van der Waals surface area contributed by atoms with Crippen LogP contribution in [-0.4, -0.2) is 32.7 Å². The lowest BCUT2D eigenvalue weighted by atomic mass is 10.1. The van der Waals surface area contributed by atoms with Gasteiger partial charge in [0.25, 0.3) is 10.0 Å². The fourth-order valence-corrected chi connectivity index (χ4v) is 5.42. The molecule has 1 N–H and O–H groups in total. The Bertz CT molecular complexity index is 1380. The van der Waals surface area contributed by atoms with E-state index in [0.717, 1.165) is 10.5 Å². The zero-order valence-electron chi connectivity index (χ0n) is 18.7. The molecule has 34 heavy (non-hydrogen) atoms. The summed E-state index contributed by atoms with van der Waals surface area (Å²) in [5, 5.41) is 2.82. The summed E-state index contributed by atoms with van der Waals surface area (Å²) in [6, 6.07) is 18.2. The van der Waals surface area contributed by atoms with E-state index in [-0.39, 0.29) is 28.6 Å². The highest BCUT2D eigenvalue weighted by atomic mass is 32.2. The van der Waals surface area contributed by atoms with E-state index >= 15 is 0 Å². The van der Waals surface area contributed by atoms with Gasteiger partial charge in [0.1, 0.15) is 11.4 Å². The standard InChI is InChI=1S/C25H23N3O5S/c1-3-18-8-4-5-9-21(18)26-24(30)16-27-22-10-6-7-11-23(22)34(32,33)28(25(27)31)20-14-12-19(13-15-20)17(2)29/h4-15H,3,16H2,1-2H3,(H,26,30). The highest BCUT2D eigenvalue weighted by Gasteiger charge is 2.43. The van der Waals surface area contributed by atoms with Crippen LogP contribution in [0.3, 0.4) is 0 Å². The van der Waals surface area contributed by atoms with E-state index in [4.69, 9.17) is 0 Å². The Labute approximate surface area is 197 Å². The van der Waals surface area contributed by atoms with E-state index in [1.807, 2.05) is 19.1 Å². The molecule has 0 spiro atoms. The van der Waals surface area contributed by atoms with Gasteiger partial charge in [0.15, 0.2) is 5.78 Å². The maximum absolute atomic E-state index is 13.5. The number of rotatable bonds is 6. The number of carbonyl (C=O) groups is 3. The van der Waals surface area contributed by atoms with Crippen molar-refractivity contribution in [2.45, 2.75) is 25.2 Å². The third kappa shape index (κ3) is 4.17. The molecule has 1 aliphatic heterocycles. The number of nitrogens with one attached hydrogen (secondary N) is 1. The fraction of sp³-hybridized carbons (Fsp3) is 0.160. The monoisotopic (exact) mass is 477 g/mol. The van der Waals surface area contributed by atoms with Crippen molar-refractivity contribution in [1.29, 1.82) is 0 Å². The zero-order chi connectivity index (χ0) is 24.5. The van der Waals surface area contributed by atoms with E-state index in [2.05, 4.69) is 5.32 Å². The van der Waals surface area contributed by atoms with Crippen molar-refractivity contribution in [3.8, 4) is 0 Å². The summed E-state index contributed by atoms with van der Waals surface area (Å²) in [5.41, 5.74) is 2.17. The van der Waals surface area contributed by atoms with Gasteiger partial charge in [-0.3, -0.25) is 14.5 Å². The number of benzene rings is 3. The van der Waals surface area contributed by atoms with Crippen LogP contribution in [-0.2, 0) is 21.2 Å². The fourth-order valence-electron chi connectivity index (χ4n) is 3.83. The predicted octanol–water partition coefficient (Wildman–Crippen LogP) is 4.23. The number of anilines is 3. The summed E-state index contributed by atoms with van der Waals surface area (Å²) in [5.74, 6) is -0.648. The van der Waals surface area contributed by atoms with E-state index < -0.39 is 22.0 Å². The Morgan fingerprint density at radius 2 is 1.56 bits per heavy atom. The second-order valence-corrected chi connectivity index (χ2v) is 9.52. The summed E-state index contributed by atoms with van der Waals surface area (Å²) in [7, 11) is -4.23. The molecule has 3 aromatic carbocycles. The van der Waals surface area contributed by atoms with Crippen molar-refractivity contribution in [2.24, 2.45) is 0 Å². The van der Waals surface area contributed by atoms with Crippen molar-refractivity contribution in [3.63, 3.8) is 0 Å². The average Bonchev–Trinajstić information content (AvgIpc) is 2.82. The van der Waals surface area contributed by atoms with Gasteiger partial charge in [-0.15, -0.1) is 0 Å². The van der Waals surface area contributed by atoms with Crippen LogP contribution in [0.4, 0.5) is 21.9 Å². The first-order valence-corrected chi connectivity index (χ1v) is 12.1. The molecule has 0 saturated heterocycles. The summed E-state index contributed by atoms with van der Waals surface area (Å²) in [6.07, 6.45) is 0.713. The van der Waals surface area contributed by atoms with Crippen LogP contribution in [0.15, 0.2) is 77.7 Å². The molecule has 174 valence electrons. The van der Waals surface area contributed by atoms with Crippen LogP contribution >= 0.6 is 0 Å². The van der Waals surface area contributed by atoms with Crippen LogP contribution in [0.25, 0.3) is 0 Å². The number of fused-ring (bicyclic) bond motifs is 1. The molecule has 3 aromatic rings. The summed E-state index contributed by atoms with van der Waals surface area (Å²) >= 11 is 0. The molecule has 0 aliphatic carbocycles. The smallest absolute Gasteiger partial charge is 0.324 e. The minimum Gasteiger partial charge on any atom is -0.324 e. The SMILES string of the molecule is CCc1ccccc1NC(=O)CN1C(=O)N(c2ccc(C(C)=O)cc2)S(=O)(=O)c2ccccc21. The predicted molar refractivity (Wildman–Crippen MR) is 130 cm³/mol. The Balaban J connectivity index is 1.71. The third-order valence-corrected chi connectivity index (χ3v) is 7.31. The molecule has 3 amide bonds. The molecule has 0 unspecified atom stereocenters. The van der Waals surface area contributed by atoms with Crippen molar-refractivity contribution in [2.75, 3.05) is 21.1 Å². The van der Waals surface area contributed by atoms with Gasteiger partial charge in [-0.05, 0) is 61.4 Å². The highest BCUT2D eigenvalue weighted by Crippen LogP contribution is 2.37. The average molecular weight is 478 g/mol. The van der Waals surface area contributed by atoms with Crippen LogP contribution in [0.5, 0.6) is 0 Å². The van der Waals surface area contributed by atoms with E-state index in [1.165, 1.54) is 43.3 Å². The minimum atomic E-state index is -4.23. The largest absolute Gasteiger partial charge is 0.343 e. The molecular weight excluding hydrogens is 454 g/mol. The van der Waals surface area contributed by atoms with Gasteiger partial charge >= 0.3 is 6.03 Å². The van der Waals surface area contributed by atoms with Crippen LogP contribution in [0.1, 0.15) is 29.8 Å². The number of aryl methyl sites for hydroxylation is 1. The first-order valence-electron chi connectivity index (χ1n) is 10.7. The maximum atomic E-state index is 13.5. The van der Waals surface area contributed by atoms with Crippen molar-refractivity contribution in [3.05, 3.63) is 83.9 Å². The van der Waals surface area contributed by atoms with Gasteiger partial charge in [0.05, 0.1) is 11.4 Å². The summed E-state index contributed by atoms with van der Waals surface area (Å²) < 4.78 is 27.4. The van der Waals surface area contributed by atoms with Crippen molar-refractivity contribution >= 4 is 44.8 Å². The molecular formula is C25H23N3O5S. The van der Waals surface area contributed by atoms with Gasteiger partial charge in [-0.2, -0.15) is 4.31 Å². The topological polar surface area (TPSA) is 104 Å². The Morgan fingerprint density at radius 3 is 2.24 bits per heavy atom. The van der Waals surface area contributed by atoms with Crippen LogP contribution in [0, 0.1) is 0 Å². The van der Waals surface area contributed by atoms with Crippen LogP contribution in [0.2, 0.25) is 0 Å². The quantitative estimate of drug-likeness (QED) is 0.535. The van der Waals surface area contributed by atoms with Crippen LogP contribution < -0.4 is 14.5 Å². The summed E-state index contributed by atoms with van der Waals surface area (Å²) in [6.45, 7) is 2.98. The Hall–Kier alpha value is -3.98. The van der Waals surface area contributed by atoms with E-state index in [0.29, 0.717) is 22.0 Å². The first-order chi connectivity index (χ1) is 16.2. The molecule has 8 nitrogen and oxygen atoms in total. The number of hydrogen-bond acceptors (Lipinski definition) is 5. The molecule has 0 bridgehead atoms. The number of amides is 3. The molecule has 0 fully saturated rings. The number of carbonyl (C=O) groups excluding carboxylic acids is 3. The maximum Gasteiger partial charge on any atom is 0.343 e. The summed E-state index contributed by atoms with van der Waals surface area (Å²) in [4.78, 5) is 39.0. The lowest BCUT2D eigenvalue weighted by Gasteiger charge is -2.35. The molecule has 0 atom stereocenters. The molecule has 4 rings (SSSR count). The number of hydrogen-bond donors (Lipinski definition) is 1.